The number of hydrogen-bond donors (Lipinski definition) is 1. The van der Waals surface area contributed by atoms with Crippen molar-refractivity contribution in [3.05, 3.63) is 35.4 Å². The maximum Gasteiger partial charge on any atom is 0.0364 e. The van der Waals surface area contributed by atoms with Crippen LogP contribution < -0.4 is 5.32 Å². The molecule has 20 heavy (non-hydrogen) atoms. The normalized spacial score (nSPS) is 25.4. The molecule has 1 unspecified atom stereocenters. The molecule has 0 spiro atoms. The van der Waals surface area contributed by atoms with Gasteiger partial charge in [0.25, 0.3) is 0 Å². The molecule has 0 saturated carbocycles. The maximum absolute atomic E-state index is 3.56. The van der Waals surface area contributed by atoms with Crippen molar-refractivity contribution < 1.29 is 0 Å². The molecule has 2 aliphatic heterocycles. The predicted octanol–water partition coefficient (Wildman–Crippen LogP) is 2.25. The van der Waals surface area contributed by atoms with Crippen LogP contribution in [0.15, 0.2) is 24.3 Å². The minimum absolute atomic E-state index is 0.607. The Bertz CT molecular complexity index is 436. The molecule has 2 aliphatic rings. The second-order valence-corrected chi connectivity index (χ2v) is 6.35. The number of fused-ring (bicyclic) bond motifs is 1. The topological polar surface area (TPSA) is 18.5 Å². The fraction of sp³-hybridized carbons (Fsp3) is 0.647. The van der Waals surface area contributed by atoms with Crippen LogP contribution in [0, 0.1) is 0 Å². The van der Waals surface area contributed by atoms with Crippen LogP contribution in [0.3, 0.4) is 0 Å². The summed E-state index contributed by atoms with van der Waals surface area (Å²) in [5, 5.41) is 3.56. The second-order valence-electron chi connectivity index (χ2n) is 6.35. The molecular weight excluding hydrogens is 246 g/mol. The number of nitrogens with one attached hydrogen (secondary N) is 1. The lowest BCUT2D eigenvalue weighted by molar-refractivity contribution is 0.0754. The Morgan fingerprint density at radius 1 is 1.10 bits per heavy atom. The van der Waals surface area contributed by atoms with E-state index in [1.54, 1.807) is 5.56 Å². The summed E-state index contributed by atoms with van der Waals surface area (Å²) < 4.78 is 0. The number of rotatable bonds is 2. The van der Waals surface area contributed by atoms with Crippen molar-refractivity contribution in [1.82, 2.24) is 15.1 Å². The molecule has 0 aliphatic carbocycles. The summed E-state index contributed by atoms with van der Waals surface area (Å²) in [7, 11) is 0. The van der Waals surface area contributed by atoms with Gasteiger partial charge in [0, 0.05) is 44.8 Å². The van der Waals surface area contributed by atoms with Gasteiger partial charge in [-0.1, -0.05) is 24.3 Å². The Kier molecular flexibility index (Phi) is 4.39. The SMILES string of the molecule is CC(C)N1CCN(C2CCNCc3ccccc32)CC1. The fourth-order valence-corrected chi connectivity index (χ4v) is 3.58. The molecule has 0 amide bonds. The minimum atomic E-state index is 0.607. The minimum Gasteiger partial charge on any atom is -0.313 e. The van der Waals surface area contributed by atoms with Crippen LogP contribution in [0.2, 0.25) is 0 Å². The summed E-state index contributed by atoms with van der Waals surface area (Å²) in [6.45, 7) is 11.6. The highest BCUT2D eigenvalue weighted by Crippen LogP contribution is 2.30. The highest BCUT2D eigenvalue weighted by Gasteiger charge is 2.27. The van der Waals surface area contributed by atoms with Crippen LogP contribution in [-0.4, -0.2) is 48.6 Å². The van der Waals surface area contributed by atoms with Crippen molar-refractivity contribution in [2.75, 3.05) is 32.7 Å². The lowest BCUT2D eigenvalue weighted by Crippen LogP contribution is -2.49. The fourth-order valence-electron chi connectivity index (χ4n) is 3.58. The molecule has 3 nitrogen and oxygen atoms in total. The first-order chi connectivity index (χ1) is 9.75. The third-order valence-electron chi connectivity index (χ3n) is 4.84. The zero-order chi connectivity index (χ0) is 13.9. The summed E-state index contributed by atoms with van der Waals surface area (Å²) in [5.74, 6) is 0. The van der Waals surface area contributed by atoms with Crippen molar-refractivity contribution in [3.63, 3.8) is 0 Å². The Morgan fingerprint density at radius 3 is 2.60 bits per heavy atom. The quantitative estimate of drug-likeness (QED) is 0.891. The van der Waals surface area contributed by atoms with Gasteiger partial charge in [-0.3, -0.25) is 9.80 Å². The van der Waals surface area contributed by atoms with E-state index in [1.165, 1.54) is 38.2 Å². The molecule has 1 aromatic carbocycles. The van der Waals surface area contributed by atoms with Crippen molar-refractivity contribution in [2.45, 2.75) is 38.9 Å². The van der Waals surface area contributed by atoms with Crippen molar-refractivity contribution in [1.29, 1.82) is 0 Å². The summed E-state index contributed by atoms with van der Waals surface area (Å²) in [5.41, 5.74) is 3.04. The van der Waals surface area contributed by atoms with Gasteiger partial charge in [0.1, 0.15) is 0 Å². The number of benzene rings is 1. The van der Waals surface area contributed by atoms with Crippen molar-refractivity contribution in [2.24, 2.45) is 0 Å². The molecular formula is C17H27N3. The zero-order valence-corrected chi connectivity index (χ0v) is 12.8. The third kappa shape index (κ3) is 2.90. The molecule has 1 aromatic rings. The highest BCUT2D eigenvalue weighted by atomic mass is 15.3. The molecule has 1 N–H and O–H groups in total. The first-order valence-electron chi connectivity index (χ1n) is 8.02. The summed E-state index contributed by atoms with van der Waals surface area (Å²) in [6.07, 6.45) is 1.23. The van der Waals surface area contributed by atoms with E-state index < -0.39 is 0 Å². The number of hydrogen-bond acceptors (Lipinski definition) is 3. The second kappa shape index (κ2) is 6.25. The van der Waals surface area contributed by atoms with Crippen LogP contribution in [-0.2, 0) is 6.54 Å². The molecule has 1 atom stereocenters. The monoisotopic (exact) mass is 273 g/mol. The van der Waals surface area contributed by atoms with E-state index in [0.29, 0.717) is 12.1 Å². The molecule has 110 valence electrons. The number of nitrogens with zero attached hydrogens (tertiary/aromatic N) is 2. The predicted molar refractivity (Wildman–Crippen MR) is 83.8 cm³/mol. The standard InChI is InChI=1S/C17H27N3/c1-14(2)19-9-11-20(12-10-19)17-7-8-18-13-15-5-3-4-6-16(15)17/h3-6,14,17-18H,7-13H2,1-2H3. The van der Waals surface area contributed by atoms with E-state index >= 15 is 0 Å². The van der Waals surface area contributed by atoms with E-state index in [1.807, 2.05) is 0 Å². The Morgan fingerprint density at radius 2 is 1.85 bits per heavy atom. The Labute approximate surface area is 123 Å². The zero-order valence-electron chi connectivity index (χ0n) is 12.8. The molecule has 2 heterocycles. The first kappa shape index (κ1) is 14.1. The summed E-state index contributed by atoms with van der Waals surface area (Å²) in [4.78, 5) is 5.29. The first-order valence-corrected chi connectivity index (χ1v) is 8.02. The van der Waals surface area contributed by atoms with Crippen molar-refractivity contribution in [3.8, 4) is 0 Å². The lowest BCUT2D eigenvalue weighted by atomic mass is 9.97. The maximum atomic E-state index is 3.56. The van der Waals surface area contributed by atoms with Gasteiger partial charge in [-0.25, -0.2) is 0 Å². The van der Waals surface area contributed by atoms with Crippen LogP contribution in [0.25, 0.3) is 0 Å². The van der Waals surface area contributed by atoms with Crippen LogP contribution in [0.4, 0.5) is 0 Å². The molecule has 0 aromatic heterocycles. The average Bonchev–Trinajstić information content (AvgIpc) is 2.69. The molecule has 1 saturated heterocycles. The van der Waals surface area contributed by atoms with Gasteiger partial charge in [0.2, 0.25) is 0 Å². The van der Waals surface area contributed by atoms with Gasteiger partial charge >= 0.3 is 0 Å². The van der Waals surface area contributed by atoms with Crippen LogP contribution in [0.1, 0.15) is 37.4 Å². The van der Waals surface area contributed by atoms with Crippen LogP contribution in [0.5, 0.6) is 0 Å². The summed E-state index contributed by atoms with van der Waals surface area (Å²) >= 11 is 0. The van der Waals surface area contributed by atoms with Gasteiger partial charge in [-0.15, -0.1) is 0 Å². The van der Waals surface area contributed by atoms with E-state index in [-0.39, 0.29) is 0 Å². The Hall–Kier alpha value is -0.900. The van der Waals surface area contributed by atoms with E-state index in [0.717, 1.165) is 13.1 Å². The van der Waals surface area contributed by atoms with E-state index in [2.05, 4.69) is 53.2 Å². The van der Waals surface area contributed by atoms with Gasteiger partial charge in [-0.05, 0) is 37.9 Å². The molecule has 0 radical (unpaired) electrons. The molecule has 1 fully saturated rings. The van der Waals surface area contributed by atoms with Gasteiger partial charge in [0.15, 0.2) is 0 Å². The molecule has 3 rings (SSSR count). The smallest absolute Gasteiger partial charge is 0.0364 e. The lowest BCUT2D eigenvalue weighted by Gasteiger charge is -2.41. The van der Waals surface area contributed by atoms with Crippen LogP contribution >= 0.6 is 0 Å². The highest BCUT2D eigenvalue weighted by molar-refractivity contribution is 5.31. The summed E-state index contributed by atoms with van der Waals surface area (Å²) in [6, 6.07) is 10.3. The van der Waals surface area contributed by atoms with Crippen molar-refractivity contribution >= 4 is 0 Å². The van der Waals surface area contributed by atoms with E-state index in [4.69, 9.17) is 0 Å². The largest absolute Gasteiger partial charge is 0.313 e. The van der Waals surface area contributed by atoms with Gasteiger partial charge in [0.05, 0.1) is 0 Å². The van der Waals surface area contributed by atoms with E-state index in [9.17, 15) is 0 Å². The van der Waals surface area contributed by atoms with Gasteiger partial charge in [-0.2, -0.15) is 0 Å². The number of piperazine rings is 1. The Balaban J connectivity index is 1.74. The van der Waals surface area contributed by atoms with Gasteiger partial charge < -0.3 is 5.32 Å². The average molecular weight is 273 g/mol. The molecule has 3 heteroatoms. The molecule has 0 bridgehead atoms. The third-order valence-corrected chi connectivity index (χ3v) is 4.84.